The Kier molecular flexibility index (Phi) is 4.99. The maximum absolute atomic E-state index is 13.1. The summed E-state index contributed by atoms with van der Waals surface area (Å²) in [6, 6.07) is 6.41. The van der Waals surface area contributed by atoms with Crippen LogP contribution in [0.15, 0.2) is 30.5 Å². The highest BCUT2D eigenvalue weighted by molar-refractivity contribution is 5.53. The molecule has 0 bridgehead atoms. The Labute approximate surface area is 147 Å². The van der Waals surface area contributed by atoms with Gasteiger partial charge in [-0.1, -0.05) is 0 Å². The largest absolute Gasteiger partial charge is 0.381 e. The average Bonchev–Trinajstić information content (AvgIpc) is 2.87. The van der Waals surface area contributed by atoms with E-state index in [1.54, 1.807) is 12.1 Å². The van der Waals surface area contributed by atoms with Crippen molar-refractivity contribution in [2.45, 2.75) is 32.4 Å². The zero-order valence-corrected chi connectivity index (χ0v) is 14.5. The van der Waals surface area contributed by atoms with Gasteiger partial charge in [-0.2, -0.15) is 0 Å². The van der Waals surface area contributed by atoms with E-state index in [-0.39, 0.29) is 5.82 Å². The summed E-state index contributed by atoms with van der Waals surface area (Å²) in [6.45, 7) is 5.98. The minimum atomic E-state index is -0.226. The van der Waals surface area contributed by atoms with Gasteiger partial charge in [-0.25, -0.2) is 9.37 Å². The molecule has 2 aliphatic rings. The first kappa shape index (κ1) is 16.5. The number of anilines is 2. The maximum Gasteiger partial charge on any atom is 0.207 e. The summed E-state index contributed by atoms with van der Waals surface area (Å²) in [4.78, 5) is 7.10. The SMILES string of the molecule is Fc1ccc(Nc2ncc3n2CCCN(CC2CCOCC2)C3)cc1. The van der Waals surface area contributed by atoms with Crippen molar-refractivity contribution in [3.63, 3.8) is 0 Å². The summed E-state index contributed by atoms with van der Waals surface area (Å²) in [5.74, 6) is 1.37. The third kappa shape index (κ3) is 4.02. The molecule has 2 aromatic rings. The number of nitrogens with zero attached hydrogens (tertiary/aromatic N) is 3. The average molecular weight is 344 g/mol. The summed E-state index contributed by atoms with van der Waals surface area (Å²) in [6.07, 6.45) is 5.43. The van der Waals surface area contributed by atoms with E-state index in [4.69, 9.17) is 4.74 Å². The number of halogens is 1. The molecule has 1 N–H and O–H groups in total. The second-order valence-electron chi connectivity index (χ2n) is 7.00. The summed E-state index contributed by atoms with van der Waals surface area (Å²) >= 11 is 0. The zero-order valence-electron chi connectivity index (χ0n) is 14.5. The summed E-state index contributed by atoms with van der Waals surface area (Å²) in [5.41, 5.74) is 2.10. The van der Waals surface area contributed by atoms with Crippen LogP contribution in [0.1, 0.15) is 25.0 Å². The highest BCUT2D eigenvalue weighted by atomic mass is 19.1. The number of hydrogen-bond acceptors (Lipinski definition) is 4. The predicted octanol–water partition coefficient (Wildman–Crippen LogP) is 3.40. The third-order valence-electron chi connectivity index (χ3n) is 5.14. The standard InChI is InChI=1S/C19H25FN4O/c20-16-2-4-17(5-3-16)22-19-21-12-18-14-23(8-1-9-24(18)19)13-15-6-10-25-11-7-15/h2-5,12,15H,1,6-11,13-14H2,(H,21,22). The first-order valence-corrected chi connectivity index (χ1v) is 9.15. The van der Waals surface area contributed by atoms with Gasteiger partial charge in [0.2, 0.25) is 5.95 Å². The summed E-state index contributed by atoms with van der Waals surface area (Å²) < 4.78 is 20.8. The van der Waals surface area contributed by atoms with E-state index in [1.807, 2.05) is 6.20 Å². The van der Waals surface area contributed by atoms with Crippen LogP contribution in [0.3, 0.4) is 0 Å². The number of hydrogen-bond donors (Lipinski definition) is 1. The quantitative estimate of drug-likeness (QED) is 0.923. The van der Waals surface area contributed by atoms with Crippen molar-refractivity contribution < 1.29 is 9.13 Å². The van der Waals surface area contributed by atoms with Crippen molar-refractivity contribution in [2.24, 2.45) is 5.92 Å². The number of ether oxygens (including phenoxy) is 1. The number of fused-ring (bicyclic) bond motifs is 1. The number of rotatable bonds is 4. The minimum Gasteiger partial charge on any atom is -0.381 e. The smallest absolute Gasteiger partial charge is 0.207 e. The van der Waals surface area contributed by atoms with Gasteiger partial charge in [0.05, 0.1) is 11.9 Å². The second-order valence-corrected chi connectivity index (χ2v) is 7.00. The molecule has 1 saturated heterocycles. The molecule has 0 unspecified atom stereocenters. The van der Waals surface area contributed by atoms with Crippen LogP contribution in [0.2, 0.25) is 0 Å². The maximum atomic E-state index is 13.1. The molecular formula is C19H25FN4O. The highest BCUT2D eigenvalue weighted by Crippen LogP contribution is 2.23. The topological polar surface area (TPSA) is 42.3 Å². The Hall–Kier alpha value is -1.92. The van der Waals surface area contributed by atoms with Gasteiger partial charge in [0.1, 0.15) is 5.82 Å². The van der Waals surface area contributed by atoms with Crippen molar-refractivity contribution in [1.29, 1.82) is 0 Å². The van der Waals surface area contributed by atoms with Crippen LogP contribution in [0.4, 0.5) is 16.0 Å². The molecular weight excluding hydrogens is 319 g/mol. The van der Waals surface area contributed by atoms with Crippen LogP contribution in [-0.2, 0) is 17.8 Å². The summed E-state index contributed by atoms with van der Waals surface area (Å²) in [5, 5.41) is 3.31. The van der Waals surface area contributed by atoms with Crippen molar-refractivity contribution in [1.82, 2.24) is 14.5 Å². The van der Waals surface area contributed by atoms with Gasteiger partial charge in [-0.3, -0.25) is 4.90 Å². The van der Waals surface area contributed by atoms with Crippen LogP contribution < -0.4 is 5.32 Å². The third-order valence-corrected chi connectivity index (χ3v) is 5.14. The molecule has 5 nitrogen and oxygen atoms in total. The van der Waals surface area contributed by atoms with Gasteiger partial charge in [0, 0.05) is 45.1 Å². The van der Waals surface area contributed by atoms with Gasteiger partial charge in [0.25, 0.3) is 0 Å². The lowest BCUT2D eigenvalue weighted by Crippen LogP contribution is -2.32. The number of imidazole rings is 1. The molecule has 0 amide bonds. The van der Waals surface area contributed by atoms with Gasteiger partial charge in [-0.05, 0) is 49.4 Å². The molecule has 0 radical (unpaired) electrons. The Morgan fingerprint density at radius 3 is 2.76 bits per heavy atom. The normalized spacial score (nSPS) is 19.4. The van der Waals surface area contributed by atoms with Crippen molar-refractivity contribution in [3.05, 3.63) is 42.0 Å². The lowest BCUT2D eigenvalue weighted by atomic mass is 9.99. The van der Waals surface area contributed by atoms with Crippen LogP contribution in [0.25, 0.3) is 0 Å². The molecule has 0 spiro atoms. The van der Waals surface area contributed by atoms with Crippen molar-refractivity contribution in [3.8, 4) is 0 Å². The van der Waals surface area contributed by atoms with E-state index in [1.165, 1.54) is 30.7 Å². The Morgan fingerprint density at radius 2 is 1.96 bits per heavy atom. The fourth-order valence-electron chi connectivity index (χ4n) is 3.76. The molecule has 0 atom stereocenters. The zero-order chi connectivity index (χ0) is 17.1. The van der Waals surface area contributed by atoms with E-state index in [9.17, 15) is 4.39 Å². The van der Waals surface area contributed by atoms with Gasteiger partial charge in [0.15, 0.2) is 0 Å². The van der Waals surface area contributed by atoms with Crippen LogP contribution >= 0.6 is 0 Å². The highest BCUT2D eigenvalue weighted by Gasteiger charge is 2.22. The molecule has 3 heterocycles. The Balaban J connectivity index is 1.44. The lowest BCUT2D eigenvalue weighted by molar-refractivity contribution is 0.0516. The monoisotopic (exact) mass is 344 g/mol. The Bertz CT molecular complexity index is 694. The van der Waals surface area contributed by atoms with Gasteiger partial charge < -0.3 is 14.6 Å². The number of nitrogens with one attached hydrogen (secondary N) is 1. The fourth-order valence-corrected chi connectivity index (χ4v) is 3.76. The Morgan fingerprint density at radius 1 is 1.16 bits per heavy atom. The summed E-state index contributed by atoms with van der Waals surface area (Å²) in [7, 11) is 0. The van der Waals surface area contributed by atoms with Crippen molar-refractivity contribution in [2.75, 3.05) is 31.6 Å². The van der Waals surface area contributed by atoms with E-state index < -0.39 is 0 Å². The predicted molar refractivity (Wildman–Crippen MR) is 95.3 cm³/mol. The molecule has 25 heavy (non-hydrogen) atoms. The van der Waals surface area contributed by atoms with Gasteiger partial charge in [-0.15, -0.1) is 0 Å². The molecule has 6 heteroatoms. The second kappa shape index (κ2) is 7.54. The first-order chi connectivity index (χ1) is 12.3. The molecule has 0 saturated carbocycles. The molecule has 134 valence electrons. The first-order valence-electron chi connectivity index (χ1n) is 9.15. The lowest BCUT2D eigenvalue weighted by Gasteiger charge is -2.28. The molecule has 1 aromatic heterocycles. The number of aromatic nitrogens is 2. The van der Waals surface area contributed by atoms with Crippen LogP contribution in [0.5, 0.6) is 0 Å². The molecule has 0 aliphatic carbocycles. The van der Waals surface area contributed by atoms with E-state index in [0.717, 1.165) is 63.4 Å². The molecule has 4 rings (SSSR count). The molecule has 2 aliphatic heterocycles. The minimum absolute atomic E-state index is 0.226. The van der Waals surface area contributed by atoms with Crippen LogP contribution in [-0.4, -0.2) is 40.8 Å². The van der Waals surface area contributed by atoms with E-state index in [0.29, 0.717) is 0 Å². The van der Waals surface area contributed by atoms with Crippen LogP contribution in [0, 0.1) is 11.7 Å². The van der Waals surface area contributed by atoms with Gasteiger partial charge >= 0.3 is 0 Å². The van der Waals surface area contributed by atoms with E-state index in [2.05, 4.69) is 19.8 Å². The van der Waals surface area contributed by atoms with Crippen molar-refractivity contribution >= 4 is 11.6 Å². The number of benzene rings is 1. The molecule has 1 fully saturated rings. The van der Waals surface area contributed by atoms with E-state index >= 15 is 0 Å². The fraction of sp³-hybridized carbons (Fsp3) is 0.526. The molecule has 1 aromatic carbocycles.